The molecular weight excluding hydrogens is 210 g/mol. The largest absolute Gasteiger partial charge is 0.479 e. The van der Waals surface area contributed by atoms with Crippen molar-refractivity contribution < 1.29 is 19.8 Å². The molecule has 1 aliphatic rings. The first kappa shape index (κ1) is 12.5. The summed E-state index contributed by atoms with van der Waals surface area (Å²) in [5.41, 5.74) is -0.284. The number of carboxylic acid groups (broad SMARTS) is 2. The van der Waals surface area contributed by atoms with Crippen LogP contribution in [0.5, 0.6) is 0 Å². The molecule has 0 saturated carbocycles. The van der Waals surface area contributed by atoms with E-state index in [1.165, 1.54) is 0 Å². The van der Waals surface area contributed by atoms with Gasteiger partial charge in [0, 0.05) is 18.9 Å². The third kappa shape index (κ3) is 1.77. The molecule has 1 heterocycles. The van der Waals surface area contributed by atoms with E-state index in [-0.39, 0.29) is 18.9 Å². The van der Waals surface area contributed by atoms with E-state index in [1.54, 1.807) is 13.0 Å². The molecule has 0 aliphatic carbocycles. The minimum absolute atomic E-state index is 0.156. The zero-order chi connectivity index (χ0) is 12.5. The molecule has 0 aromatic carbocycles. The number of amides is 1. The maximum Gasteiger partial charge on any atom is 0.408 e. The van der Waals surface area contributed by atoms with E-state index in [9.17, 15) is 14.7 Å². The van der Waals surface area contributed by atoms with Gasteiger partial charge in [-0.05, 0) is 13.8 Å². The molecule has 1 aliphatic heterocycles. The van der Waals surface area contributed by atoms with Gasteiger partial charge in [0.15, 0.2) is 5.54 Å². The normalized spacial score (nSPS) is 28.2. The summed E-state index contributed by atoms with van der Waals surface area (Å²) in [5.74, 6) is -1.22. The number of carbonyl (C=O) groups is 2. The van der Waals surface area contributed by atoms with Crippen LogP contribution >= 0.6 is 0 Å². The first-order valence-electron chi connectivity index (χ1n) is 5.19. The molecule has 2 unspecified atom stereocenters. The molecule has 0 bridgehead atoms. The third-order valence-electron chi connectivity index (χ3n) is 3.18. The van der Waals surface area contributed by atoms with Gasteiger partial charge in [0.1, 0.15) is 0 Å². The fourth-order valence-electron chi connectivity index (χ4n) is 2.07. The van der Waals surface area contributed by atoms with E-state index >= 15 is 0 Å². The lowest BCUT2D eigenvalue weighted by Crippen LogP contribution is -2.71. The molecule has 0 aromatic rings. The summed E-state index contributed by atoms with van der Waals surface area (Å²) in [5, 5.41) is 18.2. The molecule has 16 heavy (non-hydrogen) atoms. The number of hydrogen-bond acceptors (Lipinski definition) is 2. The molecule has 1 amide bonds. The van der Waals surface area contributed by atoms with Crippen LogP contribution in [-0.4, -0.2) is 39.3 Å². The fourth-order valence-corrected chi connectivity index (χ4v) is 2.07. The first-order chi connectivity index (χ1) is 7.32. The maximum absolute atomic E-state index is 11.3. The summed E-state index contributed by atoms with van der Waals surface area (Å²) < 4.78 is 0. The van der Waals surface area contributed by atoms with Crippen LogP contribution in [-0.2, 0) is 4.79 Å². The lowest BCUT2D eigenvalue weighted by Gasteiger charge is -2.52. The Morgan fingerprint density at radius 2 is 2.00 bits per heavy atom. The van der Waals surface area contributed by atoms with Gasteiger partial charge in [-0.2, -0.15) is 0 Å². The zero-order valence-corrected chi connectivity index (χ0v) is 9.73. The number of rotatable bonds is 3. The van der Waals surface area contributed by atoms with Crippen molar-refractivity contribution in [3.8, 4) is 0 Å². The van der Waals surface area contributed by atoms with Crippen LogP contribution in [0.15, 0.2) is 11.6 Å². The van der Waals surface area contributed by atoms with Crippen LogP contribution < -0.4 is 0 Å². The van der Waals surface area contributed by atoms with Gasteiger partial charge in [-0.1, -0.05) is 18.6 Å². The van der Waals surface area contributed by atoms with Gasteiger partial charge in [0.2, 0.25) is 0 Å². The summed E-state index contributed by atoms with van der Waals surface area (Å²) in [6.07, 6.45) is 0.848. The van der Waals surface area contributed by atoms with Crippen LogP contribution in [0.25, 0.3) is 0 Å². The van der Waals surface area contributed by atoms with Crippen molar-refractivity contribution in [2.24, 2.45) is 5.92 Å². The van der Waals surface area contributed by atoms with E-state index in [2.05, 4.69) is 0 Å². The topological polar surface area (TPSA) is 77.8 Å². The van der Waals surface area contributed by atoms with Gasteiger partial charge < -0.3 is 10.2 Å². The van der Waals surface area contributed by atoms with Crippen molar-refractivity contribution in [3.05, 3.63) is 11.6 Å². The molecule has 5 heteroatoms. The highest BCUT2D eigenvalue weighted by molar-refractivity contribution is 5.86. The van der Waals surface area contributed by atoms with Gasteiger partial charge >= 0.3 is 12.1 Å². The molecule has 0 radical (unpaired) electrons. The number of hydrogen-bond donors (Lipinski definition) is 2. The summed E-state index contributed by atoms with van der Waals surface area (Å²) in [6, 6.07) is 0. The van der Waals surface area contributed by atoms with Gasteiger partial charge in [-0.3, -0.25) is 4.90 Å². The third-order valence-corrected chi connectivity index (χ3v) is 3.18. The lowest BCUT2D eigenvalue weighted by atomic mass is 9.72. The van der Waals surface area contributed by atoms with Crippen LogP contribution in [0.2, 0.25) is 0 Å². The number of carboxylic acids is 1. The molecular formula is C11H17NO4. The Kier molecular flexibility index (Phi) is 3.26. The Labute approximate surface area is 94.4 Å². The molecule has 5 nitrogen and oxygen atoms in total. The van der Waals surface area contributed by atoms with Gasteiger partial charge in [-0.25, -0.2) is 9.59 Å². The van der Waals surface area contributed by atoms with E-state index in [1.807, 2.05) is 13.8 Å². The highest BCUT2D eigenvalue weighted by Crippen LogP contribution is 2.40. The second-order valence-electron chi connectivity index (χ2n) is 4.51. The number of likely N-dealkylation sites (tertiary alicyclic amines) is 1. The second kappa shape index (κ2) is 4.15. The molecule has 2 atom stereocenters. The number of aliphatic carboxylic acids is 1. The van der Waals surface area contributed by atoms with Crippen molar-refractivity contribution in [1.29, 1.82) is 0 Å². The quantitative estimate of drug-likeness (QED) is 0.720. The fraction of sp³-hybridized carbons (Fsp3) is 0.636. The molecule has 0 spiro atoms. The Balaban J connectivity index is 3.00. The zero-order valence-electron chi connectivity index (χ0n) is 9.73. The minimum Gasteiger partial charge on any atom is -0.479 e. The highest BCUT2D eigenvalue weighted by atomic mass is 16.4. The summed E-state index contributed by atoms with van der Waals surface area (Å²) in [6.45, 7) is 5.79. The van der Waals surface area contributed by atoms with E-state index < -0.39 is 17.6 Å². The predicted octanol–water partition coefficient (Wildman–Crippen LogP) is 1.80. The van der Waals surface area contributed by atoms with E-state index in [0.29, 0.717) is 0 Å². The van der Waals surface area contributed by atoms with Gasteiger partial charge in [0.05, 0.1) is 0 Å². The van der Waals surface area contributed by atoms with Crippen molar-refractivity contribution in [1.82, 2.24) is 4.90 Å². The van der Waals surface area contributed by atoms with Crippen LogP contribution in [0.1, 0.15) is 27.2 Å². The van der Waals surface area contributed by atoms with E-state index in [0.717, 1.165) is 10.5 Å². The molecule has 1 saturated heterocycles. The van der Waals surface area contributed by atoms with E-state index in [4.69, 9.17) is 5.11 Å². The number of allylic oxidation sites excluding steroid dienone is 1. The highest BCUT2D eigenvalue weighted by Gasteiger charge is 2.58. The molecule has 90 valence electrons. The average Bonchev–Trinajstić information content (AvgIpc) is 2.12. The summed E-state index contributed by atoms with van der Waals surface area (Å²) in [7, 11) is 0. The van der Waals surface area contributed by atoms with Crippen LogP contribution in [0.3, 0.4) is 0 Å². The van der Waals surface area contributed by atoms with Crippen LogP contribution in [0, 0.1) is 5.92 Å². The molecule has 2 N–H and O–H groups in total. The summed E-state index contributed by atoms with van der Waals surface area (Å²) >= 11 is 0. The van der Waals surface area contributed by atoms with Crippen molar-refractivity contribution in [3.63, 3.8) is 0 Å². The second-order valence-corrected chi connectivity index (χ2v) is 4.51. The molecule has 0 aromatic heterocycles. The first-order valence-corrected chi connectivity index (χ1v) is 5.19. The van der Waals surface area contributed by atoms with Crippen molar-refractivity contribution in [2.75, 3.05) is 6.54 Å². The predicted molar refractivity (Wildman–Crippen MR) is 58.3 cm³/mol. The SMILES string of the molecule is CC(C)=CCC1(C(=O)O)C(C)CN1C(=O)O. The lowest BCUT2D eigenvalue weighted by molar-refractivity contribution is -0.166. The smallest absolute Gasteiger partial charge is 0.408 e. The Morgan fingerprint density at radius 1 is 1.44 bits per heavy atom. The Morgan fingerprint density at radius 3 is 2.31 bits per heavy atom. The summed E-state index contributed by atoms with van der Waals surface area (Å²) in [4.78, 5) is 23.3. The van der Waals surface area contributed by atoms with Crippen molar-refractivity contribution in [2.45, 2.75) is 32.7 Å². The van der Waals surface area contributed by atoms with Gasteiger partial charge in [0.25, 0.3) is 0 Å². The van der Waals surface area contributed by atoms with Gasteiger partial charge in [-0.15, -0.1) is 0 Å². The molecule has 1 rings (SSSR count). The minimum atomic E-state index is -1.27. The molecule has 1 fully saturated rings. The van der Waals surface area contributed by atoms with Crippen LogP contribution in [0.4, 0.5) is 4.79 Å². The number of nitrogens with zero attached hydrogens (tertiary/aromatic N) is 1. The standard InChI is InChI=1S/C11H17NO4/c1-7(2)4-5-11(9(13)14)8(3)6-12(11)10(15)16/h4,8H,5-6H2,1-3H3,(H,13,14)(H,15,16). The maximum atomic E-state index is 11.3. The van der Waals surface area contributed by atoms with Crippen molar-refractivity contribution >= 4 is 12.1 Å². The Bertz CT molecular complexity index is 346. The average molecular weight is 227 g/mol. The monoisotopic (exact) mass is 227 g/mol. The Hall–Kier alpha value is -1.52.